The molecule has 4 nitrogen and oxygen atoms in total. The maximum absolute atomic E-state index is 5.84. The number of nitrogens with two attached hydrogens (primary N) is 1. The summed E-state index contributed by atoms with van der Waals surface area (Å²) in [5.41, 5.74) is 9.55. The third kappa shape index (κ3) is 1.13. The smallest absolute Gasteiger partial charge is 0.153 e. The zero-order valence-electron chi connectivity index (χ0n) is 8.82. The molecule has 3 rings (SSSR count). The van der Waals surface area contributed by atoms with Gasteiger partial charge in [0, 0.05) is 16.6 Å². The van der Waals surface area contributed by atoms with Gasteiger partial charge in [0.2, 0.25) is 0 Å². The Kier molecular flexibility index (Phi) is 1.77. The highest BCUT2D eigenvalue weighted by molar-refractivity contribution is 5.97. The quantitative estimate of drug-likeness (QED) is 0.653. The minimum absolute atomic E-state index is 0.504. The average Bonchev–Trinajstić information content (AvgIpc) is 2.83. The van der Waals surface area contributed by atoms with Gasteiger partial charge in [-0.2, -0.15) is 5.10 Å². The van der Waals surface area contributed by atoms with E-state index in [2.05, 4.69) is 10.2 Å². The minimum atomic E-state index is 0.504. The molecule has 0 fully saturated rings. The summed E-state index contributed by atoms with van der Waals surface area (Å²) in [6, 6.07) is 7.87. The van der Waals surface area contributed by atoms with Crippen LogP contribution in [0.15, 0.2) is 34.9 Å². The molecule has 3 N–H and O–H groups in total. The Bertz CT molecular complexity index is 632. The van der Waals surface area contributed by atoms with Gasteiger partial charge in [-0.25, -0.2) is 0 Å². The molecule has 80 valence electrons. The fourth-order valence-corrected chi connectivity index (χ4v) is 1.96. The lowest BCUT2D eigenvalue weighted by atomic mass is 10.1. The predicted octanol–water partition coefficient (Wildman–Crippen LogP) is 2.71. The van der Waals surface area contributed by atoms with Crippen LogP contribution in [0.1, 0.15) is 5.69 Å². The number of para-hydroxylation sites is 1. The SMILES string of the molecule is Cc1[nH]nc(N)c1-c1coc2ccccc12. The molecule has 0 radical (unpaired) electrons. The van der Waals surface area contributed by atoms with E-state index in [0.717, 1.165) is 27.8 Å². The summed E-state index contributed by atoms with van der Waals surface area (Å²) in [5, 5.41) is 7.92. The molecule has 0 saturated carbocycles. The first-order valence-electron chi connectivity index (χ1n) is 5.04. The van der Waals surface area contributed by atoms with Gasteiger partial charge in [0.1, 0.15) is 5.58 Å². The summed E-state index contributed by atoms with van der Waals surface area (Å²) >= 11 is 0. The highest BCUT2D eigenvalue weighted by Gasteiger charge is 2.14. The number of hydrogen-bond donors (Lipinski definition) is 2. The predicted molar refractivity (Wildman–Crippen MR) is 62.9 cm³/mol. The zero-order chi connectivity index (χ0) is 11.1. The first-order valence-corrected chi connectivity index (χ1v) is 5.04. The molecule has 2 aromatic heterocycles. The van der Waals surface area contributed by atoms with Crippen LogP contribution in [0.3, 0.4) is 0 Å². The van der Waals surface area contributed by atoms with Crippen LogP contribution in [0.2, 0.25) is 0 Å². The molecule has 16 heavy (non-hydrogen) atoms. The van der Waals surface area contributed by atoms with Crippen molar-refractivity contribution in [1.82, 2.24) is 10.2 Å². The maximum Gasteiger partial charge on any atom is 0.153 e. The molecule has 3 aromatic rings. The van der Waals surface area contributed by atoms with E-state index in [1.807, 2.05) is 31.2 Å². The minimum Gasteiger partial charge on any atom is -0.464 e. The number of H-pyrrole nitrogens is 1. The Morgan fingerprint density at radius 3 is 2.88 bits per heavy atom. The third-order valence-electron chi connectivity index (χ3n) is 2.73. The van der Waals surface area contributed by atoms with Gasteiger partial charge in [0.25, 0.3) is 0 Å². The van der Waals surface area contributed by atoms with E-state index >= 15 is 0 Å². The number of nitrogens with zero attached hydrogens (tertiary/aromatic N) is 1. The van der Waals surface area contributed by atoms with Gasteiger partial charge < -0.3 is 10.2 Å². The Balaban J connectivity index is 2.35. The van der Waals surface area contributed by atoms with E-state index in [4.69, 9.17) is 10.2 Å². The number of aryl methyl sites for hydroxylation is 1. The Hall–Kier alpha value is -2.23. The molecule has 0 aliphatic rings. The summed E-state index contributed by atoms with van der Waals surface area (Å²) < 4.78 is 5.49. The first-order chi connectivity index (χ1) is 7.77. The summed E-state index contributed by atoms with van der Waals surface area (Å²) in [4.78, 5) is 0. The van der Waals surface area contributed by atoms with Gasteiger partial charge in [0.15, 0.2) is 5.82 Å². The lowest BCUT2D eigenvalue weighted by Crippen LogP contribution is -1.87. The van der Waals surface area contributed by atoms with Gasteiger partial charge in [-0.1, -0.05) is 18.2 Å². The molecule has 0 unspecified atom stereocenters. The van der Waals surface area contributed by atoms with Crippen LogP contribution in [0.4, 0.5) is 5.82 Å². The second kappa shape index (κ2) is 3.13. The van der Waals surface area contributed by atoms with E-state index in [9.17, 15) is 0 Å². The van der Waals surface area contributed by atoms with Crippen molar-refractivity contribution in [2.45, 2.75) is 6.92 Å². The second-order valence-corrected chi connectivity index (χ2v) is 3.75. The van der Waals surface area contributed by atoms with Crippen LogP contribution in [0, 0.1) is 6.92 Å². The molecule has 1 aromatic carbocycles. The molecule has 4 heteroatoms. The van der Waals surface area contributed by atoms with E-state index < -0.39 is 0 Å². The molecule has 0 spiro atoms. The largest absolute Gasteiger partial charge is 0.464 e. The normalized spacial score (nSPS) is 11.1. The van der Waals surface area contributed by atoms with Crippen LogP contribution in [-0.2, 0) is 0 Å². The number of rotatable bonds is 1. The van der Waals surface area contributed by atoms with Crippen LogP contribution in [0.5, 0.6) is 0 Å². The fourth-order valence-electron chi connectivity index (χ4n) is 1.96. The third-order valence-corrected chi connectivity index (χ3v) is 2.73. The molecular formula is C12H11N3O. The average molecular weight is 213 g/mol. The number of benzene rings is 1. The van der Waals surface area contributed by atoms with E-state index in [1.165, 1.54) is 0 Å². The summed E-state index contributed by atoms with van der Waals surface area (Å²) in [6.07, 6.45) is 1.72. The van der Waals surface area contributed by atoms with Gasteiger partial charge in [-0.15, -0.1) is 0 Å². The number of nitrogen functional groups attached to an aromatic ring is 1. The van der Waals surface area contributed by atoms with Gasteiger partial charge in [-0.3, -0.25) is 5.10 Å². The van der Waals surface area contributed by atoms with Crippen molar-refractivity contribution in [3.05, 3.63) is 36.2 Å². The summed E-state index contributed by atoms with van der Waals surface area (Å²) in [5.74, 6) is 0.504. The Morgan fingerprint density at radius 2 is 2.12 bits per heavy atom. The highest BCUT2D eigenvalue weighted by Crippen LogP contribution is 2.34. The summed E-state index contributed by atoms with van der Waals surface area (Å²) in [7, 11) is 0. The second-order valence-electron chi connectivity index (χ2n) is 3.75. The lowest BCUT2D eigenvalue weighted by Gasteiger charge is -1.97. The van der Waals surface area contributed by atoms with Crippen molar-refractivity contribution < 1.29 is 4.42 Å². The first kappa shape index (κ1) is 9.03. The molecule has 0 bridgehead atoms. The van der Waals surface area contributed by atoms with Crippen LogP contribution in [0.25, 0.3) is 22.1 Å². The molecule has 0 amide bonds. The van der Waals surface area contributed by atoms with Crippen LogP contribution < -0.4 is 5.73 Å². The monoisotopic (exact) mass is 213 g/mol. The number of fused-ring (bicyclic) bond motifs is 1. The van der Waals surface area contributed by atoms with E-state index in [0.29, 0.717) is 5.82 Å². The fraction of sp³-hybridized carbons (Fsp3) is 0.0833. The number of furan rings is 1. The van der Waals surface area contributed by atoms with Crippen molar-refractivity contribution in [3.63, 3.8) is 0 Å². The van der Waals surface area contributed by atoms with Crippen molar-refractivity contribution in [1.29, 1.82) is 0 Å². The molecule has 0 atom stereocenters. The standard InChI is InChI=1S/C12H11N3O/c1-7-11(12(13)15-14-7)9-6-16-10-5-3-2-4-8(9)10/h2-6H,1H3,(H3,13,14,15). The summed E-state index contributed by atoms with van der Waals surface area (Å²) in [6.45, 7) is 1.94. The maximum atomic E-state index is 5.84. The Morgan fingerprint density at radius 1 is 1.31 bits per heavy atom. The molecular weight excluding hydrogens is 202 g/mol. The molecule has 2 heterocycles. The molecule has 0 aliphatic heterocycles. The van der Waals surface area contributed by atoms with Crippen LogP contribution in [-0.4, -0.2) is 10.2 Å². The molecule has 0 aliphatic carbocycles. The highest BCUT2D eigenvalue weighted by atomic mass is 16.3. The number of nitrogens with one attached hydrogen (secondary N) is 1. The number of aromatic nitrogens is 2. The lowest BCUT2D eigenvalue weighted by molar-refractivity contribution is 0.617. The molecule has 0 saturated heterocycles. The van der Waals surface area contributed by atoms with Crippen molar-refractivity contribution in [2.75, 3.05) is 5.73 Å². The Labute approximate surface area is 92.1 Å². The van der Waals surface area contributed by atoms with Gasteiger partial charge in [0.05, 0.1) is 11.8 Å². The van der Waals surface area contributed by atoms with Crippen molar-refractivity contribution in [2.24, 2.45) is 0 Å². The van der Waals surface area contributed by atoms with Crippen molar-refractivity contribution in [3.8, 4) is 11.1 Å². The van der Waals surface area contributed by atoms with E-state index in [-0.39, 0.29) is 0 Å². The number of anilines is 1. The number of aromatic amines is 1. The van der Waals surface area contributed by atoms with Gasteiger partial charge in [-0.05, 0) is 13.0 Å². The van der Waals surface area contributed by atoms with Crippen LogP contribution >= 0.6 is 0 Å². The number of hydrogen-bond acceptors (Lipinski definition) is 3. The van der Waals surface area contributed by atoms with E-state index in [1.54, 1.807) is 6.26 Å². The zero-order valence-corrected chi connectivity index (χ0v) is 8.82. The van der Waals surface area contributed by atoms with Gasteiger partial charge >= 0.3 is 0 Å². The topological polar surface area (TPSA) is 67.8 Å². The van der Waals surface area contributed by atoms with Crippen molar-refractivity contribution >= 4 is 16.8 Å².